The zero-order chi connectivity index (χ0) is 18.1. The lowest BCUT2D eigenvalue weighted by atomic mass is 9.78. The second-order valence-corrected chi connectivity index (χ2v) is 7.49. The van der Waals surface area contributed by atoms with Crippen LogP contribution in [0, 0.1) is 12.3 Å². The molecular weight excluding hydrogens is 334 g/mol. The van der Waals surface area contributed by atoms with E-state index in [4.69, 9.17) is 8.92 Å². The van der Waals surface area contributed by atoms with Gasteiger partial charge in [0.1, 0.15) is 23.2 Å². The van der Waals surface area contributed by atoms with Crippen molar-refractivity contribution < 1.29 is 26.9 Å². The minimum absolute atomic E-state index is 0.0818. The molecule has 0 bridgehead atoms. The molecule has 1 aliphatic heterocycles. The number of ether oxygens (including phenoxy) is 1. The summed E-state index contributed by atoms with van der Waals surface area (Å²) in [7, 11) is -3.15. The molecule has 0 spiro atoms. The molecule has 0 N–H and O–H groups in total. The fourth-order valence-corrected chi connectivity index (χ4v) is 3.87. The second-order valence-electron chi connectivity index (χ2n) is 6.07. The molecule has 7 nitrogen and oxygen atoms in total. The van der Waals surface area contributed by atoms with Gasteiger partial charge in [0, 0.05) is 7.11 Å². The molecule has 0 aliphatic carbocycles. The molecule has 0 saturated carbocycles. The van der Waals surface area contributed by atoms with Gasteiger partial charge >= 0.3 is 10.3 Å². The van der Waals surface area contributed by atoms with Gasteiger partial charge in [-0.05, 0) is 45.7 Å². The minimum atomic E-state index is -4.46. The maximum absolute atomic E-state index is 12.7. The van der Waals surface area contributed by atoms with E-state index >= 15 is 0 Å². The molecule has 0 radical (unpaired) electrons. The topological polar surface area (TPSA) is 90.0 Å². The molecule has 1 saturated heterocycles. The van der Waals surface area contributed by atoms with Gasteiger partial charge < -0.3 is 8.92 Å². The summed E-state index contributed by atoms with van der Waals surface area (Å²) in [6.45, 7) is 4.57. The first kappa shape index (κ1) is 18.4. The van der Waals surface area contributed by atoms with Gasteiger partial charge in [-0.1, -0.05) is 17.7 Å². The zero-order valence-corrected chi connectivity index (χ0v) is 14.9. The standard InChI is InChI=1S/C16H21NO6S/c1-11-5-7-13(8-6-11)23-24(20,21)17-14(22-4)9-10-16(3,12(2)18)15(17)19/h5-8,14H,9-10H2,1-4H3/t14-,16+/m0/s1. The predicted molar refractivity (Wildman–Crippen MR) is 86.4 cm³/mol. The van der Waals surface area contributed by atoms with Crippen LogP contribution < -0.4 is 4.18 Å². The van der Waals surface area contributed by atoms with E-state index in [-0.39, 0.29) is 18.6 Å². The molecule has 8 heteroatoms. The first-order valence-corrected chi connectivity index (χ1v) is 8.87. The zero-order valence-electron chi connectivity index (χ0n) is 14.1. The van der Waals surface area contributed by atoms with Crippen molar-refractivity contribution in [1.82, 2.24) is 4.31 Å². The van der Waals surface area contributed by atoms with E-state index in [0.29, 0.717) is 4.31 Å². The third-order valence-corrected chi connectivity index (χ3v) is 5.62. The lowest BCUT2D eigenvalue weighted by Crippen LogP contribution is -2.58. The van der Waals surface area contributed by atoms with Gasteiger partial charge in [0.05, 0.1) is 0 Å². The third kappa shape index (κ3) is 3.29. The van der Waals surface area contributed by atoms with Crippen LogP contribution in [0.1, 0.15) is 32.3 Å². The summed E-state index contributed by atoms with van der Waals surface area (Å²) in [6, 6.07) is 6.37. The SMILES string of the molecule is CO[C@H]1CC[C@](C)(C(C)=O)C(=O)N1S(=O)(=O)Oc1ccc(C)cc1. The molecule has 1 aliphatic rings. The first-order chi connectivity index (χ1) is 11.1. The molecule has 0 unspecified atom stereocenters. The highest BCUT2D eigenvalue weighted by Crippen LogP contribution is 2.37. The molecular formula is C16H21NO6S. The number of rotatable bonds is 5. The molecule has 2 rings (SSSR count). The van der Waals surface area contributed by atoms with E-state index in [0.717, 1.165) is 5.56 Å². The van der Waals surface area contributed by atoms with Crippen LogP contribution in [0.15, 0.2) is 24.3 Å². The Kier molecular flexibility index (Phi) is 5.00. The van der Waals surface area contributed by atoms with Crippen LogP contribution in [0.5, 0.6) is 5.75 Å². The van der Waals surface area contributed by atoms with Crippen LogP contribution in [0.3, 0.4) is 0 Å². The highest BCUT2D eigenvalue weighted by molar-refractivity contribution is 7.85. The average molecular weight is 355 g/mol. The number of nitrogens with zero attached hydrogens (tertiary/aromatic N) is 1. The van der Waals surface area contributed by atoms with Crippen molar-refractivity contribution in [2.24, 2.45) is 5.41 Å². The molecule has 0 aromatic heterocycles. The average Bonchev–Trinajstić information content (AvgIpc) is 2.51. The van der Waals surface area contributed by atoms with E-state index in [1.807, 2.05) is 6.92 Å². The van der Waals surface area contributed by atoms with Crippen molar-refractivity contribution in [3.63, 3.8) is 0 Å². The Labute approximate surface area is 141 Å². The summed E-state index contributed by atoms with van der Waals surface area (Å²) in [5.74, 6) is -1.14. The lowest BCUT2D eigenvalue weighted by Gasteiger charge is -2.40. The number of ketones is 1. The number of Topliss-reactive ketones (excluding diaryl/α,β-unsaturated/α-hetero) is 1. The van der Waals surface area contributed by atoms with Crippen molar-refractivity contribution in [2.75, 3.05) is 7.11 Å². The molecule has 1 amide bonds. The smallest absolute Gasteiger partial charge is 0.367 e. The summed E-state index contributed by atoms with van der Waals surface area (Å²) in [6.07, 6.45) is -0.564. The number of aryl methyl sites for hydroxylation is 1. The van der Waals surface area contributed by atoms with Gasteiger partial charge in [-0.25, -0.2) is 0 Å². The summed E-state index contributed by atoms with van der Waals surface area (Å²) in [5.41, 5.74) is -0.466. The van der Waals surface area contributed by atoms with Crippen LogP contribution >= 0.6 is 0 Å². The van der Waals surface area contributed by atoms with Gasteiger partial charge in [-0.2, -0.15) is 12.7 Å². The number of hydrogen-bond acceptors (Lipinski definition) is 6. The van der Waals surface area contributed by atoms with E-state index in [1.54, 1.807) is 12.1 Å². The first-order valence-electron chi connectivity index (χ1n) is 7.50. The van der Waals surface area contributed by atoms with Crippen molar-refractivity contribution in [3.8, 4) is 5.75 Å². The van der Waals surface area contributed by atoms with Gasteiger partial charge in [-0.3, -0.25) is 9.59 Å². The minimum Gasteiger partial charge on any atom is -0.367 e. The Morgan fingerprint density at radius 3 is 2.38 bits per heavy atom. The quantitative estimate of drug-likeness (QED) is 0.748. The second kappa shape index (κ2) is 6.52. The van der Waals surface area contributed by atoms with E-state index in [9.17, 15) is 18.0 Å². The normalized spacial score (nSPS) is 24.8. The third-order valence-electron chi connectivity index (χ3n) is 4.34. The summed E-state index contributed by atoms with van der Waals surface area (Å²) in [5, 5.41) is 0. The Bertz CT molecular complexity index is 742. The molecule has 132 valence electrons. The molecule has 1 aromatic carbocycles. The van der Waals surface area contributed by atoms with Crippen LogP contribution in [0.4, 0.5) is 0 Å². The number of benzene rings is 1. The predicted octanol–water partition coefficient (Wildman–Crippen LogP) is 1.81. The fraction of sp³-hybridized carbons (Fsp3) is 0.500. The Hall–Kier alpha value is -1.93. The number of carbonyl (C=O) groups excluding carboxylic acids is 2. The van der Waals surface area contributed by atoms with Crippen molar-refractivity contribution in [2.45, 2.75) is 39.8 Å². The monoisotopic (exact) mass is 355 g/mol. The lowest BCUT2D eigenvalue weighted by molar-refractivity contribution is -0.158. The highest BCUT2D eigenvalue weighted by atomic mass is 32.2. The molecule has 2 atom stereocenters. The Morgan fingerprint density at radius 2 is 1.88 bits per heavy atom. The van der Waals surface area contributed by atoms with E-state index in [1.165, 1.54) is 33.1 Å². The van der Waals surface area contributed by atoms with Gasteiger partial charge in [0.2, 0.25) is 0 Å². The number of methoxy groups -OCH3 is 1. The number of hydrogen-bond donors (Lipinski definition) is 0. The number of piperidine rings is 1. The number of amides is 1. The summed E-state index contributed by atoms with van der Waals surface area (Å²) < 4.78 is 36.0. The molecule has 1 aromatic rings. The van der Waals surface area contributed by atoms with Gasteiger partial charge in [0.15, 0.2) is 0 Å². The van der Waals surface area contributed by atoms with Crippen molar-refractivity contribution >= 4 is 22.0 Å². The Balaban J connectivity index is 2.38. The van der Waals surface area contributed by atoms with Crippen LogP contribution in [0.25, 0.3) is 0 Å². The maximum Gasteiger partial charge on any atom is 0.414 e. The van der Waals surface area contributed by atoms with E-state index in [2.05, 4.69) is 0 Å². The van der Waals surface area contributed by atoms with Crippen LogP contribution in [-0.4, -0.2) is 37.8 Å². The van der Waals surface area contributed by atoms with Crippen LogP contribution in [0.2, 0.25) is 0 Å². The highest BCUT2D eigenvalue weighted by Gasteiger charge is 2.52. The molecule has 24 heavy (non-hydrogen) atoms. The van der Waals surface area contributed by atoms with Crippen LogP contribution in [-0.2, 0) is 24.6 Å². The van der Waals surface area contributed by atoms with Gasteiger partial charge in [0.25, 0.3) is 5.91 Å². The van der Waals surface area contributed by atoms with E-state index < -0.39 is 33.6 Å². The van der Waals surface area contributed by atoms with Gasteiger partial charge in [-0.15, -0.1) is 0 Å². The largest absolute Gasteiger partial charge is 0.414 e. The summed E-state index contributed by atoms with van der Waals surface area (Å²) in [4.78, 5) is 24.6. The fourth-order valence-electron chi connectivity index (χ4n) is 2.55. The Morgan fingerprint density at radius 1 is 1.29 bits per heavy atom. The van der Waals surface area contributed by atoms with Crippen molar-refractivity contribution in [1.29, 1.82) is 0 Å². The summed E-state index contributed by atoms with van der Waals surface area (Å²) >= 11 is 0. The molecule has 1 fully saturated rings. The molecule has 1 heterocycles. The number of carbonyl (C=O) groups is 2. The maximum atomic E-state index is 12.7. The van der Waals surface area contributed by atoms with Crippen molar-refractivity contribution in [3.05, 3.63) is 29.8 Å².